The third-order valence-electron chi connectivity index (χ3n) is 3.80. The molecule has 1 amide bonds. The van der Waals surface area contributed by atoms with E-state index in [1.807, 2.05) is 55.1 Å². The van der Waals surface area contributed by atoms with Gasteiger partial charge in [0.2, 0.25) is 0 Å². The van der Waals surface area contributed by atoms with Crippen molar-refractivity contribution in [3.05, 3.63) is 54.1 Å². The first-order chi connectivity index (χ1) is 11.8. The number of rotatable bonds is 6. The van der Waals surface area contributed by atoms with Crippen LogP contribution >= 0.6 is 11.8 Å². The minimum absolute atomic E-state index is 0.0180. The van der Waals surface area contributed by atoms with E-state index >= 15 is 0 Å². The molecule has 0 spiro atoms. The predicted molar refractivity (Wildman–Crippen MR) is 95.8 cm³/mol. The van der Waals surface area contributed by atoms with Crippen molar-refractivity contribution in [1.29, 1.82) is 0 Å². The lowest BCUT2D eigenvalue weighted by molar-refractivity contribution is -0.123. The maximum atomic E-state index is 12.3. The minimum atomic E-state index is -0.118. The molecule has 0 saturated heterocycles. The van der Waals surface area contributed by atoms with E-state index in [2.05, 4.69) is 17.4 Å². The molecule has 0 aliphatic carbocycles. The van der Waals surface area contributed by atoms with Gasteiger partial charge in [-0.15, -0.1) is 11.8 Å². The summed E-state index contributed by atoms with van der Waals surface area (Å²) < 4.78 is 11.1. The molecule has 1 N–H and O–H groups in total. The van der Waals surface area contributed by atoms with Crippen LogP contribution in [0.5, 0.6) is 11.5 Å². The molecule has 126 valence electrons. The highest BCUT2D eigenvalue weighted by Crippen LogP contribution is 2.35. The molecule has 1 aliphatic heterocycles. The second kappa shape index (κ2) is 8.11. The van der Waals surface area contributed by atoms with Crippen molar-refractivity contribution in [3.8, 4) is 11.5 Å². The highest BCUT2D eigenvalue weighted by Gasteiger charge is 2.22. The normalized spacial score (nSPS) is 16.1. The van der Waals surface area contributed by atoms with E-state index in [0.29, 0.717) is 18.1 Å². The van der Waals surface area contributed by atoms with E-state index < -0.39 is 0 Å². The summed E-state index contributed by atoms with van der Waals surface area (Å²) >= 11 is 1.84. The molecule has 0 aromatic heterocycles. The highest BCUT2D eigenvalue weighted by molar-refractivity contribution is 7.99. The molecule has 0 unspecified atom stereocenters. The van der Waals surface area contributed by atoms with Crippen molar-refractivity contribution in [1.82, 2.24) is 5.32 Å². The van der Waals surface area contributed by atoms with Crippen molar-refractivity contribution in [3.63, 3.8) is 0 Å². The molecule has 1 aliphatic rings. The van der Waals surface area contributed by atoms with E-state index in [4.69, 9.17) is 9.47 Å². The van der Waals surface area contributed by atoms with Gasteiger partial charge in [-0.1, -0.05) is 30.3 Å². The Bertz CT molecular complexity index is 705. The molecular formula is C19H21NO3S. The van der Waals surface area contributed by atoms with Crippen molar-refractivity contribution in [2.24, 2.45) is 0 Å². The fourth-order valence-electron chi connectivity index (χ4n) is 2.72. The van der Waals surface area contributed by atoms with Gasteiger partial charge in [0.1, 0.15) is 0 Å². The second-order valence-electron chi connectivity index (χ2n) is 5.46. The van der Waals surface area contributed by atoms with Gasteiger partial charge >= 0.3 is 0 Å². The van der Waals surface area contributed by atoms with Gasteiger partial charge in [-0.2, -0.15) is 0 Å². The molecule has 1 heterocycles. The number of amides is 1. The zero-order valence-electron chi connectivity index (χ0n) is 13.7. The van der Waals surface area contributed by atoms with Crippen molar-refractivity contribution < 1.29 is 14.3 Å². The lowest BCUT2D eigenvalue weighted by Crippen LogP contribution is -2.34. The lowest BCUT2D eigenvalue weighted by atomic mass is 10.0. The van der Waals surface area contributed by atoms with E-state index in [9.17, 15) is 4.79 Å². The van der Waals surface area contributed by atoms with Crippen molar-refractivity contribution in [2.75, 3.05) is 19.0 Å². The summed E-state index contributed by atoms with van der Waals surface area (Å²) in [6.45, 7) is 2.46. The van der Waals surface area contributed by atoms with Crippen LogP contribution in [0.3, 0.4) is 0 Å². The first kappa shape index (κ1) is 16.7. The summed E-state index contributed by atoms with van der Waals surface area (Å²) in [7, 11) is 0. The molecule has 1 atom stereocenters. The van der Waals surface area contributed by atoms with Crippen LogP contribution in [-0.4, -0.2) is 24.9 Å². The Morgan fingerprint density at radius 3 is 2.62 bits per heavy atom. The van der Waals surface area contributed by atoms with Crippen LogP contribution in [0, 0.1) is 0 Å². The van der Waals surface area contributed by atoms with E-state index in [1.54, 1.807) is 0 Å². The molecule has 0 bridgehead atoms. The summed E-state index contributed by atoms with van der Waals surface area (Å²) in [5.41, 5.74) is 1.19. The van der Waals surface area contributed by atoms with Crippen LogP contribution in [0.1, 0.15) is 24.9 Å². The Hall–Kier alpha value is -2.14. The first-order valence-electron chi connectivity index (χ1n) is 8.13. The Balaban J connectivity index is 1.59. The van der Waals surface area contributed by atoms with Crippen LogP contribution in [0.25, 0.3) is 0 Å². The molecule has 4 nitrogen and oxygen atoms in total. The number of fused-ring (bicyclic) bond motifs is 1. The monoisotopic (exact) mass is 343 g/mol. The summed E-state index contributed by atoms with van der Waals surface area (Å²) in [4.78, 5) is 13.5. The Labute approximate surface area is 146 Å². The smallest absolute Gasteiger partial charge is 0.258 e. The zero-order valence-corrected chi connectivity index (χ0v) is 14.5. The van der Waals surface area contributed by atoms with Gasteiger partial charge in [0, 0.05) is 10.6 Å². The fraction of sp³-hybridized carbons (Fsp3) is 0.316. The van der Waals surface area contributed by atoms with Crippen molar-refractivity contribution in [2.45, 2.75) is 24.3 Å². The molecule has 2 aromatic rings. The minimum Gasteiger partial charge on any atom is -0.490 e. The van der Waals surface area contributed by atoms with Gasteiger partial charge in [0.15, 0.2) is 18.1 Å². The average molecular weight is 343 g/mol. The maximum Gasteiger partial charge on any atom is 0.258 e. The Kier molecular flexibility index (Phi) is 5.64. The number of hydrogen-bond donors (Lipinski definition) is 1. The summed E-state index contributed by atoms with van der Waals surface area (Å²) in [6.07, 6.45) is 0.933. The van der Waals surface area contributed by atoms with E-state index in [1.165, 1.54) is 10.5 Å². The number of para-hydroxylation sites is 2. The largest absolute Gasteiger partial charge is 0.490 e. The lowest BCUT2D eigenvalue weighted by Gasteiger charge is -2.25. The van der Waals surface area contributed by atoms with Gasteiger partial charge in [-0.05, 0) is 37.1 Å². The summed E-state index contributed by atoms with van der Waals surface area (Å²) in [5, 5.41) is 3.08. The Morgan fingerprint density at radius 2 is 1.83 bits per heavy atom. The number of carbonyl (C=O) groups is 1. The van der Waals surface area contributed by atoms with Crippen LogP contribution in [0.15, 0.2) is 53.4 Å². The number of hydrogen-bond acceptors (Lipinski definition) is 4. The SMILES string of the molecule is CCOc1ccccc1OCC(=O)N[C@H]1CCSc2ccccc21. The third-order valence-corrected chi connectivity index (χ3v) is 4.92. The number of ether oxygens (including phenoxy) is 2. The standard InChI is InChI=1S/C19H21NO3S/c1-2-22-16-8-4-5-9-17(16)23-13-19(21)20-15-11-12-24-18-10-6-3-7-14(15)18/h3-10,15H,2,11-13H2,1H3,(H,20,21)/t15-/m0/s1. The van der Waals surface area contributed by atoms with E-state index in [-0.39, 0.29) is 18.6 Å². The quantitative estimate of drug-likeness (QED) is 0.866. The topological polar surface area (TPSA) is 47.6 Å². The predicted octanol–water partition coefficient (Wildman–Crippen LogP) is 3.82. The number of nitrogens with one attached hydrogen (secondary N) is 1. The van der Waals surface area contributed by atoms with Crippen LogP contribution in [0.2, 0.25) is 0 Å². The zero-order chi connectivity index (χ0) is 16.8. The van der Waals surface area contributed by atoms with Gasteiger partial charge in [0.25, 0.3) is 5.91 Å². The molecule has 5 heteroatoms. The summed E-state index contributed by atoms with van der Waals surface area (Å²) in [5.74, 6) is 2.14. The third kappa shape index (κ3) is 4.03. The fourth-order valence-corrected chi connectivity index (χ4v) is 3.84. The van der Waals surface area contributed by atoms with E-state index in [0.717, 1.165) is 12.2 Å². The molecule has 0 saturated carbocycles. The van der Waals surface area contributed by atoms with Gasteiger partial charge in [-0.25, -0.2) is 0 Å². The van der Waals surface area contributed by atoms with Gasteiger partial charge in [0.05, 0.1) is 12.6 Å². The number of carbonyl (C=O) groups excluding carboxylic acids is 1. The molecule has 3 rings (SSSR count). The number of thioether (sulfide) groups is 1. The molecular weight excluding hydrogens is 322 g/mol. The highest BCUT2D eigenvalue weighted by atomic mass is 32.2. The Morgan fingerprint density at radius 1 is 1.12 bits per heavy atom. The van der Waals surface area contributed by atoms with Gasteiger partial charge in [-0.3, -0.25) is 4.79 Å². The molecule has 0 fully saturated rings. The van der Waals surface area contributed by atoms with Crippen LogP contribution in [0.4, 0.5) is 0 Å². The average Bonchev–Trinajstić information content (AvgIpc) is 2.62. The van der Waals surface area contributed by atoms with Gasteiger partial charge < -0.3 is 14.8 Å². The van der Waals surface area contributed by atoms with Crippen molar-refractivity contribution >= 4 is 17.7 Å². The van der Waals surface area contributed by atoms with Crippen LogP contribution < -0.4 is 14.8 Å². The summed E-state index contributed by atoms with van der Waals surface area (Å²) in [6, 6.07) is 15.7. The molecule has 0 radical (unpaired) electrons. The molecule has 2 aromatic carbocycles. The van der Waals surface area contributed by atoms with Crippen LogP contribution in [-0.2, 0) is 4.79 Å². The maximum absolute atomic E-state index is 12.3. The number of benzene rings is 2. The second-order valence-corrected chi connectivity index (χ2v) is 6.60. The molecule has 24 heavy (non-hydrogen) atoms. The first-order valence-corrected chi connectivity index (χ1v) is 9.12.